The van der Waals surface area contributed by atoms with E-state index in [-0.39, 0.29) is 30.7 Å². The van der Waals surface area contributed by atoms with Crippen molar-refractivity contribution < 1.29 is 26.9 Å². The van der Waals surface area contributed by atoms with Crippen molar-refractivity contribution in [1.29, 1.82) is 0 Å². The number of urea groups is 1. The Morgan fingerprint density at radius 2 is 1.86 bits per heavy atom. The molecule has 0 unspecified atom stereocenters. The Hall–Kier alpha value is -1.35. The molecule has 8 nitrogen and oxygen atoms in total. The summed E-state index contributed by atoms with van der Waals surface area (Å²) in [6.07, 6.45) is 4.43. The number of esters is 1. The third-order valence-corrected chi connectivity index (χ3v) is 3.77. The number of nitrogens with one attached hydrogen (secondary N) is 2. The zero-order valence-corrected chi connectivity index (χ0v) is 13.1. The van der Waals surface area contributed by atoms with E-state index in [0.717, 1.165) is 25.5 Å². The molecule has 21 heavy (non-hydrogen) atoms. The van der Waals surface area contributed by atoms with E-state index in [0.29, 0.717) is 12.8 Å². The molecule has 2 amide bonds. The second-order valence-electron chi connectivity index (χ2n) is 4.99. The highest BCUT2D eigenvalue weighted by atomic mass is 32.2. The molecule has 0 aliphatic carbocycles. The number of carbonyl (C=O) groups is 2. The molecule has 1 heterocycles. The zero-order valence-electron chi connectivity index (χ0n) is 12.3. The summed E-state index contributed by atoms with van der Waals surface area (Å²) in [5.74, 6) is -0.231. The van der Waals surface area contributed by atoms with Gasteiger partial charge >= 0.3 is 12.0 Å². The Balaban J connectivity index is 2.28. The molecule has 1 fully saturated rings. The van der Waals surface area contributed by atoms with Gasteiger partial charge < -0.3 is 15.4 Å². The number of unbranched alkanes of at least 4 members (excludes halogenated alkanes) is 2. The number of methoxy groups -OCH3 is 1. The number of ether oxygens (including phenoxy) is 1. The van der Waals surface area contributed by atoms with Crippen LogP contribution in [-0.2, 0) is 23.8 Å². The highest BCUT2D eigenvalue weighted by Gasteiger charge is 2.31. The van der Waals surface area contributed by atoms with Crippen molar-refractivity contribution in [2.75, 3.05) is 20.0 Å². The molecule has 0 spiro atoms. The first kappa shape index (κ1) is 17.7. The van der Waals surface area contributed by atoms with Crippen LogP contribution >= 0.6 is 0 Å². The smallest absolute Gasteiger partial charge is 0.315 e. The quantitative estimate of drug-likeness (QED) is 0.355. The van der Waals surface area contributed by atoms with Gasteiger partial charge in [0.25, 0.3) is 10.1 Å². The SMILES string of the molecule is COC(=O)CCCCC[C@@H]1NC(=O)N[C@H]1COS(C)(=O)=O. The minimum atomic E-state index is -3.52. The van der Waals surface area contributed by atoms with Gasteiger partial charge in [-0.25, -0.2) is 4.79 Å². The fourth-order valence-electron chi connectivity index (χ4n) is 2.12. The molecule has 2 atom stereocenters. The summed E-state index contributed by atoms with van der Waals surface area (Å²) in [5.41, 5.74) is 0. The van der Waals surface area contributed by atoms with Crippen LogP contribution in [0.2, 0.25) is 0 Å². The first-order chi connectivity index (χ1) is 9.81. The summed E-state index contributed by atoms with van der Waals surface area (Å²) in [6.45, 7) is -0.0790. The minimum Gasteiger partial charge on any atom is -0.469 e. The number of amides is 2. The van der Waals surface area contributed by atoms with Crippen molar-refractivity contribution in [3.05, 3.63) is 0 Å². The Morgan fingerprint density at radius 1 is 1.19 bits per heavy atom. The van der Waals surface area contributed by atoms with Gasteiger partial charge in [0.1, 0.15) is 0 Å². The molecule has 0 aromatic heterocycles. The molecule has 2 N–H and O–H groups in total. The fourth-order valence-corrected chi connectivity index (χ4v) is 2.51. The second-order valence-corrected chi connectivity index (χ2v) is 6.64. The van der Waals surface area contributed by atoms with Gasteiger partial charge in [-0.05, 0) is 12.8 Å². The number of hydrogen-bond acceptors (Lipinski definition) is 6. The van der Waals surface area contributed by atoms with E-state index in [4.69, 9.17) is 4.18 Å². The molecule has 0 bridgehead atoms. The molecule has 0 aromatic rings. The highest BCUT2D eigenvalue weighted by molar-refractivity contribution is 7.85. The van der Waals surface area contributed by atoms with Gasteiger partial charge in [0.2, 0.25) is 0 Å². The topological polar surface area (TPSA) is 111 Å². The first-order valence-electron chi connectivity index (χ1n) is 6.80. The van der Waals surface area contributed by atoms with Crippen LogP contribution in [0.1, 0.15) is 32.1 Å². The molecule has 1 aliphatic rings. The van der Waals surface area contributed by atoms with E-state index < -0.39 is 10.1 Å². The second kappa shape index (κ2) is 8.18. The average molecular weight is 322 g/mol. The third kappa shape index (κ3) is 7.28. The Labute approximate surface area is 124 Å². The van der Waals surface area contributed by atoms with Gasteiger partial charge in [0, 0.05) is 6.42 Å². The largest absolute Gasteiger partial charge is 0.469 e. The zero-order chi connectivity index (χ0) is 15.9. The van der Waals surface area contributed by atoms with E-state index in [1.165, 1.54) is 7.11 Å². The lowest BCUT2D eigenvalue weighted by atomic mass is 10.0. The Kier molecular flexibility index (Phi) is 6.90. The van der Waals surface area contributed by atoms with E-state index >= 15 is 0 Å². The van der Waals surface area contributed by atoms with Crippen molar-refractivity contribution in [1.82, 2.24) is 10.6 Å². The number of rotatable bonds is 9. The monoisotopic (exact) mass is 322 g/mol. The van der Waals surface area contributed by atoms with Crippen LogP contribution in [0.3, 0.4) is 0 Å². The van der Waals surface area contributed by atoms with Crippen molar-refractivity contribution >= 4 is 22.1 Å². The molecule has 122 valence electrons. The molecular formula is C12H22N2O6S. The fraction of sp³-hybridized carbons (Fsp3) is 0.833. The maximum atomic E-state index is 11.3. The van der Waals surface area contributed by atoms with Crippen molar-refractivity contribution in [2.24, 2.45) is 0 Å². The summed E-state index contributed by atoms with van der Waals surface area (Å²) in [5, 5.41) is 5.37. The average Bonchev–Trinajstić information content (AvgIpc) is 2.75. The Bertz CT molecular complexity index is 464. The van der Waals surface area contributed by atoms with Gasteiger partial charge in [-0.15, -0.1) is 0 Å². The third-order valence-electron chi connectivity index (χ3n) is 3.20. The molecule has 1 rings (SSSR count). The maximum Gasteiger partial charge on any atom is 0.315 e. The molecule has 9 heteroatoms. The van der Waals surface area contributed by atoms with Crippen LogP contribution in [0.15, 0.2) is 0 Å². The molecule has 1 saturated heterocycles. The van der Waals surface area contributed by atoms with Gasteiger partial charge in [0.15, 0.2) is 0 Å². The highest BCUT2D eigenvalue weighted by Crippen LogP contribution is 2.13. The normalized spacial score (nSPS) is 21.7. The van der Waals surface area contributed by atoms with Crippen LogP contribution in [0.4, 0.5) is 4.79 Å². The summed E-state index contributed by atoms with van der Waals surface area (Å²) < 4.78 is 31.2. The van der Waals surface area contributed by atoms with Crippen LogP contribution in [0, 0.1) is 0 Å². The summed E-state index contributed by atoms with van der Waals surface area (Å²) in [4.78, 5) is 22.3. The molecule has 1 aliphatic heterocycles. The molecule has 0 radical (unpaired) electrons. The van der Waals surface area contributed by atoms with Crippen molar-refractivity contribution in [2.45, 2.75) is 44.2 Å². The standard InChI is InChI=1S/C12H22N2O6S/c1-19-11(15)7-5-3-4-6-9-10(14-12(16)13-9)8-20-21(2,17)18/h9-10H,3-8H2,1-2H3,(H2,13,14,16)/t9-,10-/m0/s1. The lowest BCUT2D eigenvalue weighted by molar-refractivity contribution is -0.140. The predicted octanol–water partition coefficient (Wildman–Crippen LogP) is 0.136. The molecule has 0 saturated carbocycles. The minimum absolute atomic E-state index is 0.0790. The van der Waals surface area contributed by atoms with Gasteiger partial charge in [0.05, 0.1) is 32.1 Å². The maximum absolute atomic E-state index is 11.3. The van der Waals surface area contributed by atoms with Crippen LogP contribution in [-0.4, -0.2) is 52.5 Å². The van der Waals surface area contributed by atoms with Crippen molar-refractivity contribution in [3.8, 4) is 0 Å². The number of hydrogen-bond donors (Lipinski definition) is 2. The first-order valence-corrected chi connectivity index (χ1v) is 8.61. The van der Waals surface area contributed by atoms with Crippen molar-refractivity contribution in [3.63, 3.8) is 0 Å². The van der Waals surface area contributed by atoms with E-state index in [9.17, 15) is 18.0 Å². The van der Waals surface area contributed by atoms with E-state index in [1.807, 2.05) is 0 Å². The summed E-state index contributed by atoms with van der Waals surface area (Å²) >= 11 is 0. The predicted molar refractivity (Wildman–Crippen MR) is 75.1 cm³/mol. The van der Waals surface area contributed by atoms with Gasteiger partial charge in [-0.2, -0.15) is 8.42 Å². The van der Waals surface area contributed by atoms with Gasteiger partial charge in [-0.3, -0.25) is 8.98 Å². The van der Waals surface area contributed by atoms with Gasteiger partial charge in [-0.1, -0.05) is 12.8 Å². The van der Waals surface area contributed by atoms with Crippen LogP contribution < -0.4 is 10.6 Å². The molecule has 0 aromatic carbocycles. The van der Waals surface area contributed by atoms with Crippen LogP contribution in [0.5, 0.6) is 0 Å². The van der Waals surface area contributed by atoms with E-state index in [1.54, 1.807) is 0 Å². The number of carbonyl (C=O) groups excluding carboxylic acids is 2. The lowest BCUT2D eigenvalue weighted by Gasteiger charge is -2.17. The molecular weight excluding hydrogens is 300 g/mol. The Morgan fingerprint density at radius 3 is 2.48 bits per heavy atom. The summed E-state index contributed by atoms with van der Waals surface area (Å²) in [7, 11) is -2.17. The lowest BCUT2D eigenvalue weighted by Crippen LogP contribution is -2.38. The van der Waals surface area contributed by atoms with Crippen LogP contribution in [0.25, 0.3) is 0 Å². The van der Waals surface area contributed by atoms with E-state index in [2.05, 4.69) is 15.4 Å². The summed E-state index contributed by atoms with van der Waals surface area (Å²) in [6, 6.07) is -0.859.